The molecule has 3 rings (SSSR count). The molecule has 1 saturated carbocycles. The molecule has 1 aliphatic heterocycles. The zero-order chi connectivity index (χ0) is 12.4. The van der Waals surface area contributed by atoms with Gasteiger partial charge in [-0.3, -0.25) is 0 Å². The fourth-order valence-corrected chi connectivity index (χ4v) is 2.45. The van der Waals surface area contributed by atoms with E-state index < -0.39 is 0 Å². The fourth-order valence-electron chi connectivity index (χ4n) is 2.45. The van der Waals surface area contributed by atoms with E-state index in [1.807, 2.05) is 30.3 Å². The van der Waals surface area contributed by atoms with Crippen molar-refractivity contribution >= 4 is 11.9 Å². The van der Waals surface area contributed by atoms with Crippen LogP contribution in [0.15, 0.2) is 46.6 Å². The Morgan fingerprint density at radius 3 is 2.44 bits per heavy atom. The summed E-state index contributed by atoms with van der Waals surface area (Å²) in [6.07, 6.45) is 5.53. The average molecular weight is 241 g/mol. The van der Waals surface area contributed by atoms with Crippen LogP contribution in [0.3, 0.4) is 0 Å². The smallest absolute Gasteiger partial charge is 0.363 e. The second-order valence-corrected chi connectivity index (χ2v) is 4.69. The molecule has 2 aliphatic rings. The number of ether oxygens (including phenoxy) is 1. The highest BCUT2D eigenvalue weighted by Gasteiger charge is 2.27. The van der Waals surface area contributed by atoms with Gasteiger partial charge in [-0.15, -0.1) is 0 Å². The first kappa shape index (κ1) is 11.2. The molecule has 0 aromatic heterocycles. The van der Waals surface area contributed by atoms with Crippen LogP contribution in [0.25, 0.3) is 0 Å². The summed E-state index contributed by atoms with van der Waals surface area (Å²) >= 11 is 0. The molecule has 1 aliphatic carbocycles. The number of hydrogen-bond donors (Lipinski definition) is 0. The van der Waals surface area contributed by atoms with Gasteiger partial charge in [0.05, 0.1) is 0 Å². The van der Waals surface area contributed by atoms with E-state index in [1.54, 1.807) is 0 Å². The number of nitrogens with zero attached hydrogens (tertiary/aromatic N) is 1. The number of carbonyl (C=O) groups excluding carboxylic acids is 1. The second-order valence-electron chi connectivity index (χ2n) is 4.69. The maximum absolute atomic E-state index is 11.9. The molecule has 1 fully saturated rings. The summed E-state index contributed by atoms with van der Waals surface area (Å²) in [6, 6.07) is 9.57. The molecule has 1 heterocycles. The van der Waals surface area contributed by atoms with Crippen molar-refractivity contribution in [2.45, 2.75) is 32.1 Å². The number of esters is 1. The van der Waals surface area contributed by atoms with Crippen LogP contribution in [-0.2, 0) is 9.53 Å². The van der Waals surface area contributed by atoms with Gasteiger partial charge in [-0.2, -0.15) is 0 Å². The van der Waals surface area contributed by atoms with Gasteiger partial charge in [0.15, 0.2) is 5.70 Å². The van der Waals surface area contributed by atoms with Gasteiger partial charge in [-0.05, 0) is 43.4 Å². The predicted octanol–water partition coefficient (Wildman–Crippen LogP) is 3.21. The quantitative estimate of drug-likeness (QED) is 0.559. The molecular weight excluding hydrogens is 226 g/mol. The van der Waals surface area contributed by atoms with Crippen molar-refractivity contribution in [3.63, 3.8) is 0 Å². The Morgan fingerprint density at radius 1 is 1.00 bits per heavy atom. The van der Waals surface area contributed by atoms with Crippen molar-refractivity contribution in [3.05, 3.63) is 47.2 Å². The first-order chi connectivity index (χ1) is 8.84. The Hall–Kier alpha value is -1.90. The minimum absolute atomic E-state index is 0.286. The molecule has 0 radical (unpaired) electrons. The predicted molar refractivity (Wildman–Crippen MR) is 69.2 cm³/mol. The number of aliphatic imine (C=N–C) groups is 1. The molecule has 1 aromatic rings. The maximum atomic E-state index is 11.9. The highest BCUT2D eigenvalue weighted by Crippen LogP contribution is 2.29. The molecule has 0 atom stereocenters. The average Bonchev–Trinajstić information content (AvgIpc) is 2.83. The first-order valence-electron chi connectivity index (χ1n) is 6.43. The third-order valence-electron chi connectivity index (χ3n) is 3.41. The lowest BCUT2D eigenvalue weighted by Crippen LogP contribution is -2.07. The van der Waals surface area contributed by atoms with E-state index in [9.17, 15) is 4.79 Å². The van der Waals surface area contributed by atoms with Crippen LogP contribution in [0.5, 0.6) is 0 Å². The molecule has 1 aromatic carbocycles. The van der Waals surface area contributed by atoms with Gasteiger partial charge in [-0.25, -0.2) is 9.79 Å². The molecule has 0 bridgehead atoms. The van der Waals surface area contributed by atoms with Crippen LogP contribution < -0.4 is 0 Å². The summed E-state index contributed by atoms with van der Waals surface area (Å²) in [4.78, 5) is 16.3. The van der Waals surface area contributed by atoms with Crippen LogP contribution in [0.2, 0.25) is 0 Å². The molecule has 0 spiro atoms. The van der Waals surface area contributed by atoms with Gasteiger partial charge >= 0.3 is 5.97 Å². The molecule has 0 N–H and O–H groups in total. The van der Waals surface area contributed by atoms with Gasteiger partial charge < -0.3 is 4.74 Å². The zero-order valence-electron chi connectivity index (χ0n) is 10.2. The second kappa shape index (κ2) is 4.77. The third kappa shape index (κ3) is 2.08. The van der Waals surface area contributed by atoms with E-state index in [4.69, 9.17) is 4.74 Å². The van der Waals surface area contributed by atoms with E-state index in [0.29, 0.717) is 11.6 Å². The lowest BCUT2D eigenvalue weighted by Gasteiger charge is -2.13. The van der Waals surface area contributed by atoms with Crippen molar-refractivity contribution in [1.82, 2.24) is 0 Å². The Morgan fingerprint density at radius 2 is 1.72 bits per heavy atom. The highest BCUT2D eigenvalue weighted by molar-refractivity contribution is 6.11. The number of hydrogen-bond acceptors (Lipinski definition) is 3. The van der Waals surface area contributed by atoms with Crippen LogP contribution in [0.4, 0.5) is 0 Å². The monoisotopic (exact) mass is 241 g/mol. The molecule has 0 amide bonds. The lowest BCUT2D eigenvalue weighted by molar-refractivity contribution is -0.130. The lowest BCUT2D eigenvalue weighted by atomic mass is 9.93. The van der Waals surface area contributed by atoms with Crippen LogP contribution >= 0.6 is 0 Å². The molecular formula is C15H15NO2. The van der Waals surface area contributed by atoms with E-state index in [-0.39, 0.29) is 5.97 Å². The fraction of sp³-hybridized carbons (Fsp3) is 0.333. The van der Waals surface area contributed by atoms with Gasteiger partial charge in [-0.1, -0.05) is 24.6 Å². The Bertz CT molecular complexity index is 521. The van der Waals surface area contributed by atoms with E-state index in [0.717, 1.165) is 36.8 Å². The van der Waals surface area contributed by atoms with E-state index in [2.05, 4.69) is 4.99 Å². The van der Waals surface area contributed by atoms with E-state index >= 15 is 0 Å². The molecule has 18 heavy (non-hydrogen) atoms. The van der Waals surface area contributed by atoms with Crippen molar-refractivity contribution in [1.29, 1.82) is 0 Å². The molecule has 92 valence electrons. The highest BCUT2D eigenvalue weighted by atomic mass is 16.6. The summed E-state index contributed by atoms with van der Waals surface area (Å²) in [5, 5.41) is 0. The van der Waals surface area contributed by atoms with Crippen LogP contribution in [0.1, 0.15) is 37.7 Å². The normalized spacial score (nSPS) is 19.8. The Labute approximate surface area is 106 Å². The van der Waals surface area contributed by atoms with Crippen LogP contribution in [0, 0.1) is 0 Å². The molecule has 3 nitrogen and oxygen atoms in total. The summed E-state index contributed by atoms with van der Waals surface area (Å²) in [7, 11) is 0. The van der Waals surface area contributed by atoms with Crippen molar-refractivity contribution in [2.75, 3.05) is 0 Å². The first-order valence-corrected chi connectivity index (χ1v) is 6.43. The SMILES string of the molecule is O=C1OC(c2ccccc2)=NC1=C1CCCCC1. The minimum Gasteiger partial charge on any atom is -0.402 e. The van der Waals surface area contributed by atoms with Gasteiger partial charge in [0.1, 0.15) is 0 Å². The zero-order valence-corrected chi connectivity index (χ0v) is 10.2. The number of allylic oxidation sites excluding steroid dienone is 1. The summed E-state index contributed by atoms with van der Waals surface area (Å²) < 4.78 is 5.27. The molecule has 0 unspecified atom stereocenters. The minimum atomic E-state index is -0.286. The summed E-state index contributed by atoms with van der Waals surface area (Å²) in [5.74, 6) is 0.152. The topological polar surface area (TPSA) is 38.7 Å². The van der Waals surface area contributed by atoms with Crippen LogP contribution in [-0.4, -0.2) is 11.9 Å². The Kier molecular flexibility index (Phi) is 2.97. The van der Waals surface area contributed by atoms with Gasteiger partial charge in [0, 0.05) is 5.56 Å². The number of benzene rings is 1. The molecule has 0 saturated heterocycles. The number of carbonyl (C=O) groups is 1. The van der Waals surface area contributed by atoms with Crippen molar-refractivity contribution < 1.29 is 9.53 Å². The third-order valence-corrected chi connectivity index (χ3v) is 3.41. The van der Waals surface area contributed by atoms with Gasteiger partial charge in [0.2, 0.25) is 5.90 Å². The van der Waals surface area contributed by atoms with Crippen molar-refractivity contribution in [2.24, 2.45) is 4.99 Å². The van der Waals surface area contributed by atoms with E-state index in [1.165, 1.54) is 6.42 Å². The Balaban J connectivity index is 1.94. The largest absolute Gasteiger partial charge is 0.402 e. The number of rotatable bonds is 1. The molecule has 3 heteroatoms. The van der Waals surface area contributed by atoms with Crippen molar-refractivity contribution in [3.8, 4) is 0 Å². The maximum Gasteiger partial charge on any atom is 0.363 e. The van der Waals surface area contributed by atoms with Gasteiger partial charge in [0.25, 0.3) is 0 Å². The number of cyclic esters (lactones) is 1. The summed E-state index contributed by atoms with van der Waals surface area (Å²) in [5.41, 5.74) is 2.57. The summed E-state index contributed by atoms with van der Waals surface area (Å²) in [6.45, 7) is 0. The standard InChI is InChI=1S/C15H15NO2/c17-15-13(11-7-3-1-4-8-11)16-14(18-15)12-9-5-2-6-10-12/h2,5-6,9-10H,1,3-4,7-8H2.